The molecule has 4 nitrogen and oxygen atoms in total. The molecular formula is C19H20N2O2. The second-order valence-corrected chi connectivity index (χ2v) is 5.75. The Morgan fingerprint density at radius 2 is 1.74 bits per heavy atom. The minimum atomic E-state index is -1.39. The Balaban J connectivity index is 1.90. The minimum Gasteiger partial charge on any atom is -0.365 e. The number of carbonyl (C=O) groups is 1. The summed E-state index contributed by atoms with van der Waals surface area (Å²) in [5, 5.41) is 16.8. The predicted octanol–water partition coefficient (Wildman–Crippen LogP) is 3.07. The normalized spacial score (nSPS) is 20.4. The highest BCUT2D eigenvalue weighted by molar-refractivity contribution is 5.91. The number of carbonyl (C=O) groups excluding carboxylic acids is 1. The maximum absolute atomic E-state index is 12.7. The summed E-state index contributed by atoms with van der Waals surface area (Å²) in [4.78, 5) is 12.7. The van der Waals surface area contributed by atoms with Crippen LogP contribution in [0.15, 0.2) is 65.8 Å². The molecule has 1 aliphatic rings. The first-order valence-electron chi connectivity index (χ1n) is 7.84. The highest BCUT2D eigenvalue weighted by Gasteiger charge is 2.45. The number of hydrogen-bond acceptors (Lipinski definition) is 3. The van der Waals surface area contributed by atoms with Crippen LogP contribution >= 0.6 is 0 Å². The molecule has 0 spiro atoms. The molecule has 0 bridgehead atoms. The molecule has 2 aromatic carbocycles. The van der Waals surface area contributed by atoms with Crippen molar-refractivity contribution in [3.63, 3.8) is 0 Å². The number of benzene rings is 2. The van der Waals surface area contributed by atoms with Gasteiger partial charge in [0, 0.05) is 17.7 Å². The van der Waals surface area contributed by atoms with Gasteiger partial charge in [-0.3, -0.25) is 4.79 Å². The van der Waals surface area contributed by atoms with E-state index in [0.717, 1.165) is 11.3 Å². The van der Waals surface area contributed by atoms with Gasteiger partial charge in [-0.15, -0.1) is 0 Å². The van der Waals surface area contributed by atoms with Crippen LogP contribution in [0.5, 0.6) is 0 Å². The maximum atomic E-state index is 12.7. The van der Waals surface area contributed by atoms with Crippen LogP contribution in [0.4, 0.5) is 0 Å². The summed E-state index contributed by atoms with van der Waals surface area (Å²) in [7, 11) is 0. The van der Waals surface area contributed by atoms with Gasteiger partial charge in [0.05, 0.1) is 6.42 Å². The van der Waals surface area contributed by atoms with Crippen LogP contribution in [0.25, 0.3) is 0 Å². The topological polar surface area (TPSA) is 52.9 Å². The van der Waals surface area contributed by atoms with Gasteiger partial charge in [-0.25, -0.2) is 0 Å². The Kier molecular flexibility index (Phi) is 4.26. The molecule has 4 heteroatoms. The second-order valence-electron chi connectivity index (χ2n) is 5.75. The lowest BCUT2D eigenvalue weighted by molar-refractivity contribution is -0.157. The van der Waals surface area contributed by atoms with E-state index in [1.807, 2.05) is 67.6 Å². The van der Waals surface area contributed by atoms with Gasteiger partial charge in [0.25, 0.3) is 0 Å². The number of hydrazone groups is 1. The molecule has 3 rings (SSSR count). The molecule has 0 radical (unpaired) electrons. The van der Waals surface area contributed by atoms with E-state index in [0.29, 0.717) is 18.4 Å². The standard InChI is InChI=1S/C19H20N2O2/c1-2-17-14-19(23,16-11-7-4-8-12-16)21(20-17)18(22)13-15-9-5-3-6-10-15/h3-12,23H,2,13-14H2,1H3/t19-/m1/s1. The number of amides is 1. The molecule has 1 atom stereocenters. The zero-order chi connectivity index (χ0) is 16.3. The van der Waals surface area contributed by atoms with Crippen molar-refractivity contribution in [2.45, 2.75) is 31.9 Å². The molecule has 0 saturated heterocycles. The average molecular weight is 308 g/mol. The fourth-order valence-electron chi connectivity index (χ4n) is 2.85. The summed E-state index contributed by atoms with van der Waals surface area (Å²) < 4.78 is 0. The molecule has 118 valence electrons. The van der Waals surface area contributed by atoms with E-state index in [2.05, 4.69) is 5.10 Å². The summed E-state index contributed by atoms with van der Waals surface area (Å²) in [6, 6.07) is 18.8. The van der Waals surface area contributed by atoms with Gasteiger partial charge in [0.1, 0.15) is 0 Å². The molecule has 1 heterocycles. The van der Waals surface area contributed by atoms with E-state index in [9.17, 15) is 9.90 Å². The Hall–Kier alpha value is -2.46. The van der Waals surface area contributed by atoms with Crippen molar-refractivity contribution in [3.8, 4) is 0 Å². The smallest absolute Gasteiger partial charge is 0.250 e. The van der Waals surface area contributed by atoms with Gasteiger partial charge >= 0.3 is 0 Å². The lowest BCUT2D eigenvalue weighted by Gasteiger charge is -2.31. The quantitative estimate of drug-likeness (QED) is 0.943. The van der Waals surface area contributed by atoms with Crippen LogP contribution in [-0.2, 0) is 16.9 Å². The van der Waals surface area contributed by atoms with E-state index in [1.54, 1.807) is 0 Å². The number of aliphatic hydroxyl groups is 1. The SMILES string of the molecule is CCC1=NN(C(=O)Cc2ccccc2)[C@](O)(c2ccccc2)C1. The lowest BCUT2D eigenvalue weighted by atomic mass is 9.96. The van der Waals surface area contributed by atoms with Crippen molar-refractivity contribution in [1.82, 2.24) is 5.01 Å². The van der Waals surface area contributed by atoms with Crippen molar-refractivity contribution in [2.75, 3.05) is 0 Å². The summed E-state index contributed by atoms with van der Waals surface area (Å²) in [5.41, 5.74) is 1.04. The van der Waals surface area contributed by atoms with Crippen LogP contribution in [0, 0.1) is 0 Å². The predicted molar refractivity (Wildman–Crippen MR) is 89.7 cm³/mol. The van der Waals surface area contributed by atoms with Gasteiger partial charge < -0.3 is 5.11 Å². The fourth-order valence-corrected chi connectivity index (χ4v) is 2.85. The maximum Gasteiger partial charge on any atom is 0.250 e. The highest BCUT2D eigenvalue weighted by Crippen LogP contribution is 2.36. The first kappa shape index (κ1) is 15.4. The Bertz CT molecular complexity index is 713. The molecule has 2 aromatic rings. The summed E-state index contributed by atoms with van der Waals surface area (Å²) in [6.07, 6.45) is 1.29. The monoisotopic (exact) mass is 308 g/mol. The molecule has 0 saturated carbocycles. The Morgan fingerprint density at radius 3 is 2.35 bits per heavy atom. The Morgan fingerprint density at radius 1 is 1.13 bits per heavy atom. The molecule has 1 amide bonds. The van der Waals surface area contributed by atoms with Crippen LogP contribution in [0.3, 0.4) is 0 Å². The van der Waals surface area contributed by atoms with E-state index < -0.39 is 5.72 Å². The van der Waals surface area contributed by atoms with Gasteiger partial charge in [0.2, 0.25) is 5.91 Å². The third-order valence-corrected chi connectivity index (χ3v) is 4.12. The van der Waals surface area contributed by atoms with Crippen molar-refractivity contribution < 1.29 is 9.90 Å². The number of nitrogens with zero attached hydrogens (tertiary/aromatic N) is 2. The molecule has 0 unspecified atom stereocenters. The van der Waals surface area contributed by atoms with Crippen LogP contribution in [0.2, 0.25) is 0 Å². The summed E-state index contributed by atoms with van der Waals surface area (Å²) >= 11 is 0. The van der Waals surface area contributed by atoms with Crippen LogP contribution in [0.1, 0.15) is 30.9 Å². The van der Waals surface area contributed by atoms with E-state index >= 15 is 0 Å². The van der Waals surface area contributed by atoms with Crippen LogP contribution in [-0.4, -0.2) is 21.7 Å². The van der Waals surface area contributed by atoms with Crippen LogP contribution < -0.4 is 0 Å². The van der Waals surface area contributed by atoms with Gasteiger partial charge in [-0.2, -0.15) is 10.1 Å². The molecule has 0 fully saturated rings. The number of rotatable bonds is 4. The van der Waals surface area contributed by atoms with E-state index in [-0.39, 0.29) is 12.3 Å². The van der Waals surface area contributed by atoms with Gasteiger partial charge in [-0.05, 0) is 12.0 Å². The van der Waals surface area contributed by atoms with Gasteiger partial charge in [0.15, 0.2) is 5.72 Å². The zero-order valence-electron chi connectivity index (χ0n) is 13.1. The first-order valence-corrected chi connectivity index (χ1v) is 7.84. The average Bonchev–Trinajstić information content (AvgIpc) is 2.95. The Labute approximate surface area is 136 Å². The first-order chi connectivity index (χ1) is 11.1. The largest absolute Gasteiger partial charge is 0.365 e. The third-order valence-electron chi connectivity index (χ3n) is 4.12. The zero-order valence-corrected chi connectivity index (χ0v) is 13.1. The molecule has 1 aliphatic heterocycles. The van der Waals surface area contributed by atoms with Crippen molar-refractivity contribution in [1.29, 1.82) is 0 Å². The minimum absolute atomic E-state index is 0.203. The fraction of sp³-hybridized carbons (Fsp3) is 0.263. The lowest BCUT2D eigenvalue weighted by Crippen LogP contribution is -2.44. The van der Waals surface area contributed by atoms with Crippen molar-refractivity contribution >= 4 is 11.6 Å². The molecule has 0 aliphatic carbocycles. The second kappa shape index (κ2) is 6.34. The van der Waals surface area contributed by atoms with E-state index in [4.69, 9.17) is 0 Å². The molecule has 1 N–H and O–H groups in total. The molecule has 0 aromatic heterocycles. The van der Waals surface area contributed by atoms with Crippen molar-refractivity contribution in [3.05, 3.63) is 71.8 Å². The summed E-state index contributed by atoms with van der Waals surface area (Å²) in [5.74, 6) is -0.203. The van der Waals surface area contributed by atoms with Crippen molar-refractivity contribution in [2.24, 2.45) is 5.10 Å². The van der Waals surface area contributed by atoms with Gasteiger partial charge in [-0.1, -0.05) is 67.6 Å². The highest BCUT2D eigenvalue weighted by atomic mass is 16.3. The van der Waals surface area contributed by atoms with E-state index in [1.165, 1.54) is 5.01 Å². The molecular weight excluding hydrogens is 288 g/mol. The number of hydrogen-bond donors (Lipinski definition) is 1. The summed E-state index contributed by atoms with van der Waals surface area (Å²) in [6.45, 7) is 1.98. The third kappa shape index (κ3) is 3.03. The molecule has 23 heavy (non-hydrogen) atoms.